The van der Waals surface area contributed by atoms with Crippen molar-refractivity contribution in [3.05, 3.63) is 0 Å². The monoisotopic (exact) mass is 192 g/mol. The zero-order valence-corrected chi connectivity index (χ0v) is 9.83. The summed E-state index contributed by atoms with van der Waals surface area (Å²) in [6.07, 6.45) is 1.02. The third-order valence-corrected chi connectivity index (χ3v) is 2.89. The van der Waals surface area contributed by atoms with Crippen molar-refractivity contribution < 1.29 is 0 Å². The first kappa shape index (κ1) is 13.0. The summed E-state index contributed by atoms with van der Waals surface area (Å²) >= 11 is 0. The van der Waals surface area contributed by atoms with Gasteiger partial charge in [-0.15, -0.1) is 0 Å². The predicted molar refractivity (Wildman–Crippen MR) is 57.1 cm³/mol. The Bertz CT molecular complexity index is 235. The minimum Gasteiger partial charge on any atom is -0.197 e. The molecule has 0 radical (unpaired) electrons. The molecule has 0 aromatic rings. The molecule has 2 atom stereocenters. The van der Waals surface area contributed by atoms with Crippen LogP contribution < -0.4 is 0 Å². The van der Waals surface area contributed by atoms with Gasteiger partial charge in [-0.1, -0.05) is 41.0 Å². The Hall–Kier alpha value is -1.02. The SMILES string of the molecule is CC[C@@H](C)[C@@H](C(C#N)C#N)C(C)(C)C. The molecule has 0 amide bonds. The van der Waals surface area contributed by atoms with Crippen LogP contribution in [-0.4, -0.2) is 0 Å². The van der Waals surface area contributed by atoms with E-state index in [-0.39, 0.29) is 11.3 Å². The molecule has 0 aliphatic heterocycles. The second kappa shape index (κ2) is 5.01. The number of nitriles is 2. The Kier molecular flexibility index (Phi) is 4.64. The Labute approximate surface area is 87.5 Å². The summed E-state index contributed by atoms with van der Waals surface area (Å²) in [4.78, 5) is 0. The van der Waals surface area contributed by atoms with Crippen LogP contribution in [0, 0.1) is 45.8 Å². The number of hydrogen-bond acceptors (Lipinski definition) is 2. The highest BCUT2D eigenvalue weighted by Gasteiger charge is 2.35. The fourth-order valence-electron chi connectivity index (χ4n) is 2.13. The highest BCUT2D eigenvalue weighted by molar-refractivity contribution is 5.06. The molecule has 0 aliphatic rings. The molecule has 0 bridgehead atoms. The summed E-state index contributed by atoms with van der Waals surface area (Å²) in [7, 11) is 0. The molecule has 0 fully saturated rings. The minimum atomic E-state index is -0.482. The Balaban J connectivity index is 4.94. The van der Waals surface area contributed by atoms with Gasteiger partial charge in [-0.25, -0.2) is 0 Å². The molecule has 78 valence electrons. The summed E-state index contributed by atoms with van der Waals surface area (Å²) in [5, 5.41) is 17.9. The fourth-order valence-corrected chi connectivity index (χ4v) is 2.13. The molecular formula is C12H20N2. The molecule has 2 nitrogen and oxygen atoms in total. The maximum atomic E-state index is 8.93. The first-order valence-electron chi connectivity index (χ1n) is 5.17. The molecule has 0 saturated heterocycles. The maximum Gasteiger partial charge on any atom is 0.136 e. The van der Waals surface area contributed by atoms with Crippen LogP contribution in [-0.2, 0) is 0 Å². The fraction of sp³-hybridized carbons (Fsp3) is 0.833. The van der Waals surface area contributed by atoms with Crippen LogP contribution in [0.1, 0.15) is 41.0 Å². The van der Waals surface area contributed by atoms with Crippen LogP contribution in [0.4, 0.5) is 0 Å². The quantitative estimate of drug-likeness (QED) is 0.688. The molecule has 0 saturated carbocycles. The van der Waals surface area contributed by atoms with Crippen LogP contribution in [0.3, 0.4) is 0 Å². The normalized spacial score (nSPS) is 15.7. The largest absolute Gasteiger partial charge is 0.197 e. The summed E-state index contributed by atoms with van der Waals surface area (Å²) in [5.41, 5.74) is 0.0194. The van der Waals surface area contributed by atoms with E-state index in [9.17, 15) is 0 Å². The minimum absolute atomic E-state index is 0.0194. The Morgan fingerprint density at radius 2 is 1.57 bits per heavy atom. The van der Waals surface area contributed by atoms with Gasteiger partial charge >= 0.3 is 0 Å². The molecular weight excluding hydrogens is 172 g/mol. The van der Waals surface area contributed by atoms with Gasteiger partial charge in [0.25, 0.3) is 0 Å². The lowest BCUT2D eigenvalue weighted by Gasteiger charge is -2.35. The van der Waals surface area contributed by atoms with Crippen molar-refractivity contribution in [3.63, 3.8) is 0 Å². The molecule has 0 aromatic carbocycles. The van der Waals surface area contributed by atoms with E-state index in [1.165, 1.54) is 0 Å². The van der Waals surface area contributed by atoms with Gasteiger partial charge in [0, 0.05) is 0 Å². The van der Waals surface area contributed by atoms with Crippen molar-refractivity contribution in [1.82, 2.24) is 0 Å². The third-order valence-electron chi connectivity index (χ3n) is 2.89. The highest BCUT2D eigenvalue weighted by Crippen LogP contribution is 2.38. The molecule has 0 spiro atoms. The van der Waals surface area contributed by atoms with Gasteiger partial charge in [-0.05, 0) is 17.3 Å². The van der Waals surface area contributed by atoms with Gasteiger partial charge in [-0.3, -0.25) is 0 Å². The lowest BCUT2D eigenvalue weighted by Crippen LogP contribution is -2.32. The van der Waals surface area contributed by atoms with Gasteiger partial charge in [0.15, 0.2) is 0 Å². The van der Waals surface area contributed by atoms with Gasteiger partial charge < -0.3 is 0 Å². The van der Waals surface area contributed by atoms with Crippen molar-refractivity contribution in [2.24, 2.45) is 23.2 Å². The maximum absolute atomic E-state index is 8.93. The van der Waals surface area contributed by atoms with E-state index in [1.807, 2.05) is 0 Å². The van der Waals surface area contributed by atoms with Crippen molar-refractivity contribution in [1.29, 1.82) is 10.5 Å². The molecule has 0 aliphatic carbocycles. The standard InChI is InChI=1S/C12H20N2/c1-6-9(2)11(12(3,4)5)10(7-13)8-14/h9-11H,6H2,1-5H3/t9-,11+/m1/s1. The average molecular weight is 192 g/mol. The number of rotatable bonds is 3. The summed E-state index contributed by atoms with van der Waals surface area (Å²) in [5.74, 6) is 0.0896. The number of hydrogen-bond donors (Lipinski definition) is 0. The zero-order chi connectivity index (χ0) is 11.4. The second-order valence-corrected chi connectivity index (χ2v) is 5.01. The van der Waals surface area contributed by atoms with E-state index in [4.69, 9.17) is 10.5 Å². The first-order valence-corrected chi connectivity index (χ1v) is 5.17. The molecule has 0 rings (SSSR count). The molecule has 0 heterocycles. The topological polar surface area (TPSA) is 47.6 Å². The molecule has 14 heavy (non-hydrogen) atoms. The van der Waals surface area contributed by atoms with Crippen molar-refractivity contribution in [2.75, 3.05) is 0 Å². The van der Waals surface area contributed by atoms with Crippen LogP contribution in [0.25, 0.3) is 0 Å². The van der Waals surface area contributed by atoms with Gasteiger partial charge in [0.05, 0.1) is 12.1 Å². The lowest BCUT2D eigenvalue weighted by atomic mass is 9.67. The van der Waals surface area contributed by atoms with Crippen molar-refractivity contribution in [3.8, 4) is 12.1 Å². The van der Waals surface area contributed by atoms with E-state index in [0.29, 0.717) is 5.92 Å². The van der Waals surface area contributed by atoms with Crippen molar-refractivity contribution in [2.45, 2.75) is 41.0 Å². The predicted octanol–water partition coefficient (Wildman–Crippen LogP) is 3.36. The van der Waals surface area contributed by atoms with Gasteiger partial charge in [-0.2, -0.15) is 10.5 Å². The third kappa shape index (κ3) is 3.04. The molecule has 0 N–H and O–H groups in total. The average Bonchev–Trinajstić information content (AvgIpc) is 2.10. The second-order valence-electron chi connectivity index (χ2n) is 5.01. The summed E-state index contributed by atoms with van der Waals surface area (Å²) < 4.78 is 0. The van der Waals surface area contributed by atoms with Crippen LogP contribution in [0.2, 0.25) is 0 Å². The highest BCUT2D eigenvalue weighted by atomic mass is 14.4. The molecule has 0 unspecified atom stereocenters. The summed E-state index contributed by atoms with van der Waals surface area (Å²) in [6.45, 7) is 10.5. The molecule has 2 heteroatoms. The molecule has 0 aromatic heterocycles. The van der Waals surface area contributed by atoms with Crippen molar-refractivity contribution >= 4 is 0 Å². The lowest BCUT2D eigenvalue weighted by molar-refractivity contribution is 0.141. The van der Waals surface area contributed by atoms with Crippen LogP contribution in [0.5, 0.6) is 0 Å². The van der Waals surface area contributed by atoms with E-state index in [0.717, 1.165) is 6.42 Å². The Morgan fingerprint density at radius 3 is 1.79 bits per heavy atom. The van der Waals surface area contributed by atoms with E-state index in [1.54, 1.807) is 0 Å². The van der Waals surface area contributed by atoms with E-state index >= 15 is 0 Å². The zero-order valence-electron chi connectivity index (χ0n) is 9.83. The Morgan fingerprint density at radius 1 is 1.14 bits per heavy atom. The van der Waals surface area contributed by atoms with Crippen LogP contribution >= 0.6 is 0 Å². The summed E-state index contributed by atoms with van der Waals surface area (Å²) in [6, 6.07) is 4.22. The number of nitrogens with zero attached hydrogens (tertiary/aromatic N) is 2. The smallest absolute Gasteiger partial charge is 0.136 e. The van der Waals surface area contributed by atoms with Gasteiger partial charge in [0.2, 0.25) is 0 Å². The first-order chi connectivity index (χ1) is 6.38. The van der Waals surface area contributed by atoms with E-state index < -0.39 is 5.92 Å². The van der Waals surface area contributed by atoms with E-state index in [2.05, 4.69) is 46.8 Å². The van der Waals surface area contributed by atoms with Crippen LogP contribution in [0.15, 0.2) is 0 Å². The van der Waals surface area contributed by atoms with Gasteiger partial charge in [0.1, 0.15) is 5.92 Å².